The number of hydrogen-bond donors (Lipinski definition) is 5. The van der Waals surface area contributed by atoms with Crippen molar-refractivity contribution < 1.29 is 29.4 Å². The number of rotatable bonds is 8. The molecule has 0 fully saturated rings. The van der Waals surface area contributed by atoms with Crippen molar-refractivity contribution in [1.29, 1.82) is 0 Å². The van der Waals surface area contributed by atoms with Crippen LogP contribution in [0.4, 0.5) is 0 Å². The highest BCUT2D eigenvalue weighted by Gasteiger charge is 2.29. The Kier molecular flexibility index (Phi) is 8.58. The first kappa shape index (κ1) is 27.7. The molecule has 4 rings (SSSR count). The Morgan fingerprint density at radius 2 is 1.87 bits per heavy atom. The predicted octanol–water partition coefficient (Wildman–Crippen LogP) is 3.24. The maximum atomic E-state index is 13.0. The lowest BCUT2D eigenvalue weighted by Crippen LogP contribution is -2.48. The monoisotopic (exact) mass is 570 g/mol. The number of halogens is 2. The Bertz CT molecular complexity index is 1450. The second-order valence-electron chi connectivity index (χ2n) is 8.75. The molecule has 2 heterocycles. The van der Waals surface area contributed by atoms with Crippen molar-refractivity contribution in [3.05, 3.63) is 92.7 Å². The van der Waals surface area contributed by atoms with E-state index in [1.807, 2.05) is 0 Å². The summed E-state index contributed by atoms with van der Waals surface area (Å²) < 4.78 is 0. The Labute approximate surface area is 233 Å². The van der Waals surface area contributed by atoms with Crippen LogP contribution in [0.2, 0.25) is 10.0 Å². The lowest BCUT2D eigenvalue weighted by atomic mass is 9.96. The van der Waals surface area contributed by atoms with E-state index in [2.05, 4.69) is 15.6 Å². The molecular formula is C27H24Cl2N4O6. The number of aromatic nitrogens is 1. The Morgan fingerprint density at radius 3 is 2.56 bits per heavy atom. The SMILES string of the molecule is O=C(NC[C@H](NC(=O)c1c(Cl)cc2c(c1Cl)CCN(C(=O)C=Cc1ccccc1O)C2)C(=O)O)c1ccc[nH]1. The van der Waals surface area contributed by atoms with E-state index in [4.69, 9.17) is 23.2 Å². The van der Waals surface area contributed by atoms with E-state index in [1.54, 1.807) is 35.4 Å². The standard InChI is InChI=1S/C27H24Cl2N4O6/c28-18-12-16-14-33(22(35)8-7-15-4-1-2-6-21(15)34)11-9-17(16)24(29)23(18)26(37)32-20(27(38)39)13-31-25(36)19-5-3-10-30-19/h1-8,10,12,20,30,34H,9,11,13-14H2,(H,31,36)(H,32,37)(H,38,39)/t20-/m0/s1. The van der Waals surface area contributed by atoms with Crippen LogP contribution >= 0.6 is 23.2 Å². The molecule has 1 aliphatic heterocycles. The number of carboxylic acids is 1. The molecule has 0 unspecified atom stereocenters. The second kappa shape index (κ2) is 12.1. The molecule has 0 spiro atoms. The quantitative estimate of drug-likeness (QED) is 0.262. The fourth-order valence-electron chi connectivity index (χ4n) is 4.14. The molecule has 0 saturated carbocycles. The number of aromatic hydroxyl groups is 1. The van der Waals surface area contributed by atoms with E-state index in [0.29, 0.717) is 29.7 Å². The molecule has 39 heavy (non-hydrogen) atoms. The van der Waals surface area contributed by atoms with Gasteiger partial charge < -0.3 is 30.7 Å². The van der Waals surface area contributed by atoms with Gasteiger partial charge in [0.2, 0.25) is 5.91 Å². The fourth-order valence-corrected chi connectivity index (χ4v) is 4.90. The zero-order valence-electron chi connectivity index (χ0n) is 20.4. The molecule has 2 aromatic carbocycles. The number of phenolic OH excluding ortho intramolecular Hbond substituents is 1. The minimum Gasteiger partial charge on any atom is -0.507 e. The Hall–Kier alpha value is -4.28. The average Bonchev–Trinajstić information content (AvgIpc) is 3.45. The summed E-state index contributed by atoms with van der Waals surface area (Å²) in [7, 11) is 0. The van der Waals surface area contributed by atoms with E-state index < -0.39 is 23.8 Å². The maximum Gasteiger partial charge on any atom is 0.328 e. The fraction of sp³-hybridized carbons (Fsp3) is 0.185. The second-order valence-corrected chi connectivity index (χ2v) is 9.53. The van der Waals surface area contributed by atoms with Crippen LogP contribution in [-0.4, -0.2) is 62.9 Å². The highest BCUT2D eigenvalue weighted by molar-refractivity contribution is 6.40. The zero-order valence-corrected chi connectivity index (χ0v) is 21.9. The third kappa shape index (κ3) is 6.42. The van der Waals surface area contributed by atoms with E-state index in [9.17, 15) is 29.4 Å². The Morgan fingerprint density at radius 1 is 1.10 bits per heavy atom. The molecule has 5 N–H and O–H groups in total. The number of aromatic amines is 1. The summed E-state index contributed by atoms with van der Waals surface area (Å²) in [5, 5.41) is 24.3. The molecule has 3 amide bonds. The molecule has 202 valence electrons. The van der Waals surface area contributed by atoms with Gasteiger partial charge in [0.1, 0.15) is 17.5 Å². The summed E-state index contributed by atoms with van der Waals surface area (Å²) in [6.07, 6.45) is 4.79. The number of hydrogen-bond acceptors (Lipinski definition) is 5. The molecule has 0 aliphatic carbocycles. The third-order valence-electron chi connectivity index (χ3n) is 6.20. The number of H-pyrrole nitrogens is 1. The number of nitrogens with zero attached hydrogens (tertiary/aromatic N) is 1. The van der Waals surface area contributed by atoms with Crippen molar-refractivity contribution in [2.45, 2.75) is 19.0 Å². The lowest BCUT2D eigenvalue weighted by molar-refractivity contribution is -0.139. The largest absolute Gasteiger partial charge is 0.507 e. The smallest absolute Gasteiger partial charge is 0.328 e. The van der Waals surface area contributed by atoms with Crippen molar-refractivity contribution >= 4 is 53.0 Å². The molecule has 0 bridgehead atoms. The minimum atomic E-state index is -1.44. The molecule has 0 saturated heterocycles. The van der Waals surface area contributed by atoms with Crippen molar-refractivity contribution in [1.82, 2.24) is 20.5 Å². The number of carboxylic acid groups (broad SMARTS) is 1. The maximum absolute atomic E-state index is 13.0. The Balaban J connectivity index is 1.45. The van der Waals surface area contributed by atoms with Crippen LogP contribution < -0.4 is 10.6 Å². The number of carbonyl (C=O) groups excluding carboxylic acids is 3. The van der Waals surface area contributed by atoms with Crippen LogP contribution in [0.3, 0.4) is 0 Å². The van der Waals surface area contributed by atoms with Gasteiger partial charge in [-0.25, -0.2) is 4.79 Å². The normalized spacial score (nSPS) is 13.5. The van der Waals surface area contributed by atoms with Gasteiger partial charge in [0.15, 0.2) is 0 Å². The van der Waals surface area contributed by atoms with Gasteiger partial charge in [-0.05, 0) is 47.9 Å². The number of nitrogens with one attached hydrogen (secondary N) is 3. The molecular weight excluding hydrogens is 547 g/mol. The van der Waals surface area contributed by atoms with Gasteiger partial charge in [0.25, 0.3) is 11.8 Å². The van der Waals surface area contributed by atoms with Crippen LogP contribution in [0.5, 0.6) is 5.75 Å². The summed E-state index contributed by atoms with van der Waals surface area (Å²) in [5.41, 5.74) is 1.95. The molecule has 10 nitrogen and oxygen atoms in total. The van der Waals surface area contributed by atoms with Crippen molar-refractivity contribution in [3.63, 3.8) is 0 Å². The number of para-hydroxylation sites is 1. The number of fused-ring (bicyclic) bond motifs is 1. The number of amides is 3. The van der Waals surface area contributed by atoms with Crippen molar-refractivity contribution in [2.24, 2.45) is 0 Å². The lowest BCUT2D eigenvalue weighted by Gasteiger charge is -2.29. The topological polar surface area (TPSA) is 152 Å². The molecule has 3 aromatic rings. The van der Waals surface area contributed by atoms with E-state index in [0.717, 1.165) is 0 Å². The highest BCUT2D eigenvalue weighted by atomic mass is 35.5. The summed E-state index contributed by atoms with van der Waals surface area (Å²) in [5.74, 6) is -2.91. The van der Waals surface area contributed by atoms with Gasteiger partial charge in [0.05, 0.1) is 15.6 Å². The summed E-state index contributed by atoms with van der Waals surface area (Å²) >= 11 is 13.0. The van der Waals surface area contributed by atoms with E-state index >= 15 is 0 Å². The van der Waals surface area contributed by atoms with Crippen LogP contribution in [0.25, 0.3) is 6.08 Å². The van der Waals surface area contributed by atoms with Crippen LogP contribution in [0.15, 0.2) is 54.7 Å². The van der Waals surface area contributed by atoms with Gasteiger partial charge in [-0.2, -0.15) is 0 Å². The minimum absolute atomic E-state index is 0.00476. The average molecular weight is 571 g/mol. The van der Waals surface area contributed by atoms with Crippen molar-refractivity contribution in [3.8, 4) is 5.75 Å². The molecule has 1 atom stereocenters. The summed E-state index contributed by atoms with van der Waals surface area (Å²) in [6, 6.07) is 9.87. The van der Waals surface area contributed by atoms with E-state index in [-0.39, 0.29) is 46.0 Å². The molecule has 12 heteroatoms. The molecule has 1 aliphatic rings. The number of benzene rings is 2. The number of carbonyl (C=O) groups is 4. The van der Waals surface area contributed by atoms with Gasteiger partial charge in [0, 0.05) is 37.5 Å². The van der Waals surface area contributed by atoms with Gasteiger partial charge in [-0.3, -0.25) is 14.4 Å². The first-order valence-electron chi connectivity index (χ1n) is 11.9. The number of aliphatic carboxylic acids is 1. The van der Waals surface area contributed by atoms with Crippen molar-refractivity contribution in [2.75, 3.05) is 13.1 Å². The first-order chi connectivity index (χ1) is 18.7. The summed E-state index contributed by atoms with van der Waals surface area (Å²) in [6.45, 7) is 0.148. The number of phenols is 1. The van der Waals surface area contributed by atoms with Gasteiger partial charge in [-0.1, -0.05) is 41.4 Å². The van der Waals surface area contributed by atoms with Gasteiger partial charge >= 0.3 is 5.97 Å². The highest BCUT2D eigenvalue weighted by Crippen LogP contribution is 2.34. The zero-order chi connectivity index (χ0) is 28.1. The third-order valence-corrected chi connectivity index (χ3v) is 6.91. The first-order valence-corrected chi connectivity index (χ1v) is 12.6. The van der Waals surface area contributed by atoms with Gasteiger partial charge in [-0.15, -0.1) is 0 Å². The summed E-state index contributed by atoms with van der Waals surface area (Å²) in [4.78, 5) is 53.9. The van der Waals surface area contributed by atoms with Crippen LogP contribution in [0.1, 0.15) is 37.5 Å². The van der Waals surface area contributed by atoms with E-state index in [1.165, 1.54) is 30.4 Å². The molecule has 0 radical (unpaired) electrons. The van der Waals surface area contributed by atoms with Crippen LogP contribution in [0, 0.1) is 0 Å². The van der Waals surface area contributed by atoms with Crippen LogP contribution in [-0.2, 0) is 22.6 Å². The predicted molar refractivity (Wildman–Crippen MR) is 145 cm³/mol. The molecule has 1 aromatic heterocycles.